The van der Waals surface area contributed by atoms with Crippen LogP contribution in [0.3, 0.4) is 0 Å². The molecule has 0 saturated carbocycles. The highest BCUT2D eigenvalue weighted by atomic mass is 16.7. The molecule has 1 unspecified atom stereocenters. The first-order valence-electron chi connectivity index (χ1n) is 9.00. The number of phenolic OH excluding ortho intramolecular Hbond substituents is 1. The Labute approximate surface area is 159 Å². The fourth-order valence-corrected chi connectivity index (χ4v) is 3.26. The molecule has 1 atom stereocenters. The number of methoxy groups -OCH3 is 1. The molecular formula is C22H26O5. The van der Waals surface area contributed by atoms with Gasteiger partial charge in [-0.15, -0.1) is 0 Å². The van der Waals surface area contributed by atoms with Gasteiger partial charge in [0.15, 0.2) is 6.79 Å². The molecule has 0 spiro atoms. The summed E-state index contributed by atoms with van der Waals surface area (Å²) < 4.78 is 16.5. The second kappa shape index (κ2) is 8.03. The Morgan fingerprint density at radius 1 is 1.15 bits per heavy atom. The highest BCUT2D eigenvalue weighted by Crippen LogP contribution is 2.40. The quantitative estimate of drug-likeness (QED) is 0.724. The third-order valence-corrected chi connectivity index (χ3v) is 4.66. The van der Waals surface area contributed by atoms with Gasteiger partial charge in [-0.2, -0.15) is 0 Å². The average molecular weight is 370 g/mol. The zero-order chi connectivity index (χ0) is 19.4. The summed E-state index contributed by atoms with van der Waals surface area (Å²) >= 11 is 0. The third kappa shape index (κ3) is 4.26. The molecule has 0 bridgehead atoms. The number of hydrogen-bond donors (Lipinski definition) is 2. The molecule has 2 N–H and O–H groups in total. The van der Waals surface area contributed by atoms with Crippen LogP contribution in [0, 0.1) is 0 Å². The van der Waals surface area contributed by atoms with Crippen LogP contribution in [0.4, 0.5) is 0 Å². The van der Waals surface area contributed by atoms with E-state index in [2.05, 4.69) is 0 Å². The van der Waals surface area contributed by atoms with Crippen molar-refractivity contribution < 1.29 is 24.4 Å². The molecule has 1 aliphatic heterocycles. The highest BCUT2D eigenvalue weighted by Gasteiger charge is 2.25. The fraction of sp³-hybridized carbons (Fsp3) is 0.364. The molecule has 144 valence electrons. The molecule has 0 aromatic heterocycles. The van der Waals surface area contributed by atoms with Crippen LogP contribution in [0.5, 0.6) is 17.2 Å². The number of benzene rings is 2. The van der Waals surface area contributed by atoms with Crippen molar-refractivity contribution in [2.75, 3.05) is 20.5 Å². The molecular weight excluding hydrogens is 344 g/mol. The lowest BCUT2D eigenvalue weighted by molar-refractivity contribution is 0.0498. The standard InChI is InChI=1S/C22H26O5/c1-22(2)11-10-18-20(27-22)9-8-15(21(18)24)12-16(13-23)17-6-4-5-7-19(17)26-14-25-3/h4-11,16,23-24H,12-14H2,1-3H3. The van der Waals surface area contributed by atoms with Crippen LogP contribution in [0.25, 0.3) is 6.08 Å². The molecule has 3 rings (SSSR count). The Hall–Kier alpha value is -2.50. The maximum absolute atomic E-state index is 10.7. The van der Waals surface area contributed by atoms with Gasteiger partial charge in [-0.05, 0) is 55.7 Å². The minimum absolute atomic E-state index is 0.0662. The van der Waals surface area contributed by atoms with Crippen LogP contribution >= 0.6 is 0 Å². The van der Waals surface area contributed by atoms with E-state index < -0.39 is 5.60 Å². The largest absolute Gasteiger partial charge is 0.507 e. The monoisotopic (exact) mass is 370 g/mol. The molecule has 0 radical (unpaired) electrons. The van der Waals surface area contributed by atoms with Gasteiger partial charge in [0.1, 0.15) is 22.8 Å². The summed E-state index contributed by atoms with van der Waals surface area (Å²) in [6.45, 7) is 4.01. The van der Waals surface area contributed by atoms with E-state index >= 15 is 0 Å². The van der Waals surface area contributed by atoms with Crippen LogP contribution < -0.4 is 9.47 Å². The van der Waals surface area contributed by atoms with Crippen LogP contribution in [0.15, 0.2) is 42.5 Å². The summed E-state index contributed by atoms with van der Waals surface area (Å²) in [4.78, 5) is 0. The van der Waals surface area contributed by atoms with Crippen molar-refractivity contribution in [1.82, 2.24) is 0 Å². The van der Waals surface area contributed by atoms with E-state index in [1.54, 1.807) is 7.11 Å². The highest BCUT2D eigenvalue weighted by molar-refractivity contribution is 5.68. The number of fused-ring (bicyclic) bond motifs is 1. The van der Waals surface area contributed by atoms with Crippen LogP contribution in [0.1, 0.15) is 36.5 Å². The molecule has 0 amide bonds. The van der Waals surface area contributed by atoms with E-state index in [1.807, 2.05) is 62.4 Å². The number of hydrogen-bond acceptors (Lipinski definition) is 5. The summed E-state index contributed by atoms with van der Waals surface area (Å²) in [6.07, 6.45) is 4.29. The normalized spacial score (nSPS) is 15.7. The molecule has 5 nitrogen and oxygen atoms in total. The van der Waals surface area contributed by atoms with Crippen molar-refractivity contribution in [3.63, 3.8) is 0 Å². The van der Waals surface area contributed by atoms with Crippen LogP contribution in [0.2, 0.25) is 0 Å². The number of aromatic hydroxyl groups is 1. The summed E-state index contributed by atoms with van der Waals surface area (Å²) in [5.41, 5.74) is 1.91. The van der Waals surface area contributed by atoms with Gasteiger partial charge in [0.2, 0.25) is 0 Å². The molecule has 1 heterocycles. The smallest absolute Gasteiger partial charge is 0.188 e. The summed E-state index contributed by atoms with van der Waals surface area (Å²) in [5, 5.41) is 20.7. The molecule has 0 aliphatic carbocycles. The van der Waals surface area contributed by atoms with E-state index in [1.165, 1.54) is 0 Å². The zero-order valence-corrected chi connectivity index (χ0v) is 15.9. The third-order valence-electron chi connectivity index (χ3n) is 4.66. The Bertz CT molecular complexity index is 825. The Morgan fingerprint density at radius 2 is 1.93 bits per heavy atom. The summed E-state index contributed by atoms with van der Waals surface area (Å²) in [6, 6.07) is 11.3. The van der Waals surface area contributed by atoms with Gasteiger partial charge < -0.3 is 24.4 Å². The Balaban J connectivity index is 1.88. The van der Waals surface area contributed by atoms with Crippen molar-refractivity contribution in [2.45, 2.75) is 31.8 Å². The topological polar surface area (TPSA) is 68.2 Å². The first-order valence-corrected chi connectivity index (χ1v) is 9.00. The van der Waals surface area contributed by atoms with Gasteiger partial charge in [0.25, 0.3) is 0 Å². The molecule has 2 aromatic carbocycles. The van der Waals surface area contributed by atoms with Crippen molar-refractivity contribution in [3.8, 4) is 17.2 Å². The van der Waals surface area contributed by atoms with Crippen LogP contribution in [-0.2, 0) is 11.2 Å². The lowest BCUT2D eigenvalue weighted by Gasteiger charge is -2.29. The zero-order valence-electron chi connectivity index (χ0n) is 15.9. The van der Waals surface area contributed by atoms with Crippen molar-refractivity contribution in [3.05, 3.63) is 59.2 Å². The predicted octanol–water partition coefficient (Wildman–Crippen LogP) is 3.88. The Kier molecular flexibility index (Phi) is 5.73. The average Bonchev–Trinajstić information content (AvgIpc) is 2.65. The maximum Gasteiger partial charge on any atom is 0.188 e. The number of aliphatic hydroxyl groups excluding tert-OH is 1. The minimum Gasteiger partial charge on any atom is -0.507 e. The van der Waals surface area contributed by atoms with Gasteiger partial charge in [-0.25, -0.2) is 0 Å². The summed E-state index contributed by atoms with van der Waals surface area (Å²) in [7, 11) is 1.56. The number of aliphatic hydroxyl groups is 1. The van der Waals surface area contributed by atoms with E-state index in [9.17, 15) is 10.2 Å². The minimum atomic E-state index is -0.397. The number of ether oxygens (including phenoxy) is 3. The van der Waals surface area contributed by atoms with E-state index in [-0.39, 0.29) is 25.1 Å². The second-order valence-electron chi connectivity index (χ2n) is 7.20. The maximum atomic E-state index is 10.7. The van der Waals surface area contributed by atoms with Crippen molar-refractivity contribution in [2.24, 2.45) is 0 Å². The molecule has 0 fully saturated rings. The molecule has 5 heteroatoms. The summed E-state index contributed by atoms with van der Waals surface area (Å²) in [5.74, 6) is 1.30. The van der Waals surface area contributed by atoms with E-state index in [4.69, 9.17) is 14.2 Å². The number of para-hydroxylation sites is 1. The fourth-order valence-electron chi connectivity index (χ4n) is 3.26. The van der Waals surface area contributed by atoms with Crippen molar-refractivity contribution in [1.29, 1.82) is 0 Å². The molecule has 27 heavy (non-hydrogen) atoms. The second-order valence-corrected chi connectivity index (χ2v) is 7.20. The van der Waals surface area contributed by atoms with E-state index in [0.29, 0.717) is 23.5 Å². The van der Waals surface area contributed by atoms with Gasteiger partial charge in [-0.3, -0.25) is 0 Å². The van der Waals surface area contributed by atoms with Crippen molar-refractivity contribution >= 4 is 6.08 Å². The molecule has 1 aliphatic rings. The predicted molar refractivity (Wildman–Crippen MR) is 104 cm³/mol. The van der Waals surface area contributed by atoms with Gasteiger partial charge in [-0.1, -0.05) is 24.3 Å². The molecule has 2 aromatic rings. The first kappa shape index (κ1) is 19.3. The van der Waals surface area contributed by atoms with E-state index in [0.717, 1.165) is 11.1 Å². The first-order chi connectivity index (χ1) is 12.9. The number of rotatable bonds is 7. The number of phenols is 1. The van der Waals surface area contributed by atoms with Gasteiger partial charge in [0, 0.05) is 13.0 Å². The molecule has 0 saturated heterocycles. The lowest BCUT2D eigenvalue weighted by Crippen LogP contribution is -2.27. The van der Waals surface area contributed by atoms with Gasteiger partial charge in [0.05, 0.1) is 12.2 Å². The lowest BCUT2D eigenvalue weighted by atomic mass is 9.90. The SMILES string of the molecule is COCOc1ccccc1C(CO)Cc1ccc2c(c1O)C=CC(C)(C)O2. The Morgan fingerprint density at radius 3 is 2.67 bits per heavy atom. The van der Waals surface area contributed by atoms with Crippen LogP contribution in [-0.4, -0.2) is 36.3 Å². The van der Waals surface area contributed by atoms with Gasteiger partial charge >= 0.3 is 0 Å².